The molecule has 0 fully saturated rings. The zero-order chi connectivity index (χ0) is 13.1. The van der Waals surface area contributed by atoms with Crippen LogP contribution in [0.4, 0.5) is 0 Å². The molecule has 0 aliphatic carbocycles. The largest absolute Gasteiger partial charge is 0.459 e. The number of hydrogen-bond acceptors (Lipinski definition) is 3. The number of para-hydroxylation sites is 1. The average molecular weight is 271 g/mol. The van der Waals surface area contributed by atoms with Crippen LogP contribution in [-0.4, -0.2) is 6.54 Å². The molecule has 0 amide bonds. The number of benzene rings is 1. The van der Waals surface area contributed by atoms with Gasteiger partial charge in [-0.25, -0.2) is 0 Å². The minimum atomic E-state index is 0.151. The molecule has 2 heterocycles. The summed E-state index contributed by atoms with van der Waals surface area (Å²) in [6.45, 7) is 3.16. The molecular formula is C16H17NOS. The number of rotatable bonds is 5. The van der Waals surface area contributed by atoms with Crippen LogP contribution < -0.4 is 5.32 Å². The fraction of sp³-hybridized carbons (Fsp3) is 0.250. The first-order valence-corrected chi connectivity index (χ1v) is 7.56. The van der Waals surface area contributed by atoms with Gasteiger partial charge in [0.05, 0.1) is 6.04 Å². The molecule has 19 heavy (non-hydrogen) atoms. The lowest BCUT2D eigenvalue weighted by atomic mass is 10.1. The van der Waals surface area contributed by atoms with Gasteiger partial charge in [0, 0.05) is 5.39 Å². The third kappa shape index (κ3) is 2.57. The molecule has 1 atom stereocenters. The molecule has 2 nitrogen and oxygen atoms in total. The van der Waals surface area contributed by atoms with Gasteiger partial charge in [0.15, 0.2) is 0 Å². The van der Waals surface area contributed by atoms with Crippen LogP contribution in [0.15, 0.2) is 51.6 Å². The number of furan rings is 1. The van der Waals surface area contributed by atoms with E-state index >= 15 is 0 Å². The fourth-order valence-electron chi connectivity index (χ4n) is 2.26. The van der Waals surface area contributed by atoms with Crippen LogP contribution in [0.5, 0.6) is 0 Å². The first-order valence-electron chi connectivity index (χ1n) is 6.62. The topological polar surface area (TPSA) is 25.2 Å². The van der Waals surface area contributed by atoms with E-state index < -0.39 is 0 Å². The number of thiophene rings is 1. The molecule has 3 heteroatoms. The van der Waals surface area contributed by atoms with E-state index in [2.05, 4.69) is 41.2 Å². The minimum Gasteiger partial charge on any atom is -0.459 e. The van der Waals surface area contributed by atoms with Crippen molar-refractivity contribution in [3.63, 3.8) is 0 Å². The Morgan fingerprint density at radius 2 is 2.16 bits per heavy atom. The van der Waals surface area contributed by atoms with Crippen molar-refractivity contribution in [1.29, 1.82) is 0 Å². The Morgan fingerprint density at radius 3 is 2.89 bits per heavy atom. The van der Waals surface area contributed by atoms with Gasteiger partial charge in [0.2, 0.25) is 0 Å². The normalized spacial score (nSPS) is 12.9. The Hall–Kier alpha value is -1.58. The molecule has 0 bridgehead atoms. The van der Waals surface area contributed by atoms with Crippen molar-refractivity contribution in [1.82, 2.24) is 5.32 Å². The van der Waals surface area contributed by atoms with Crippen LogP contribution in [0, 0.1) is 0 Å². The van der Waals surface area contributed by atoms with Gasteiger partial charge in [-0.2, -0.15) is 11.3 Å². The van der Waals surface area contributed by atoms with Gasteiger partial charge in [0.1, 0.15) is 11.3 Å². The number of hydrogen-bond donors (Lipinski definition) is 1. The smallest absolute Gasteiger partial charge is 0.134 e. The molecular weight excluding hydrogens is 254 g/mol. The van der Waals surface area contributed by atoms with Gasteiger partial charge in [0.25, 0.3) is 0 Å². The van der Waals surface area contributed by atoms with E-state index in [1.807, 2.05) is 18.2 Å². The second-order valence-corrected chi connectivity index (χ2v) is 5.41. The summed E-state index contributed by atoms with van der Waals surface area (Å²) in [5.41, 5.74) is 2.23. The minimum absolute atomic E-state index is 0.151. The van der Waals surface area contributed by atoms with Gasteiger partial charge >= 0.3 is 0 Å². The first-order chi connectivity index (χ1) is 9.38. The molecule has 2 aromatic heterocycles. The third-order valence-corrected chi connectivity index (χ3v) is 3.91. The molecule has 1 N–H and O–H groups in total. The van der Waals surface area contributed by atoms with Crippen molar-refractivity contribution in [3.8, 4) is 0 Å². The summed E-state index contributed by atoms with van der Waals surface area (Å²) >= 11 is 1.72. The molecule has 3 aromatic rings. The average Bonchev–Trinajstić information content (AvgIpc) is 3.08. The zero-order valence-corrected chi connectivity index (χ0v) is 11.7. The molecule has 1 aromatic carbocycles. The maximum atomic E-state index is 5.99. The standard InChI is InChI=1S/C16H17NOS/c1-2-8-17-16(13-7-9-19-11-13)15-10-12-5-3-4-6-14(12)18-15/h3-7,9-11,16-17H,2,8H2,1H3. The Bertz CT molecular complexity index is 609. The molecule has 0 radical (unpaired) electrons. The van der Waals surface area contributed by atoms with Crippen LogP contribution in [-0.2, 0) is 0 Å². The molecule has 0 saturated carbocycles. The number of fused-ring (bicyclic) bond motifs is 1. The monoisotopic (exact) mass is 271 g/mol. The van der Waals surface area contributed by atoms with Gasteiger partial charge in [-0.05, 0) is 47.5 Å². The summed E-state index contributed by atoms with van der Waals surface area (Å²) in [6, 6.07) is 12.6. The van der Waals surface area contributed by atoms with Crippen LogP contribution in [0.3, 0.4) is 0 Å². The van der Waals surface area contributed by atoms with Crippen molar-refractivity contribution in [2.24, 2.45) is 0 Å². The Kier molecular flexibility index (Phi) is 3.67. The Labute approximate surface area is 117 Å². The van der Waals surface area contributed by atoms with Crippen molar-refractivity contribution in [3.05, 3.63) is 58.5 Å². The Balaban J connectivity index is 1.98. The fourth-order valence-corrected chi connectivity index (χ4v) is 2.94. The molecule has 0 aliphatic heterocycles. The highest BCUT2D eigenvalue weighted by Crippen LogP contribution is 2.29. The predicted octanol–water partition coefficient (Wildman–Crippen LogP) is 4.58. The van der Waals surface area contributed by atoms with Crippen molar-refractivity contribution in [2.75, 3.05) is 6.54 Å². The maximum absolute atomic E-state index is 5.99. The second kappa shape index (κ2) is 5.59. The highest BCUT2D eigenvalue weighted by atomic mass is 32.1. The lowest BCUT2D eigenvalue weighted by molar-refractivity contribution is 0.470. The number of nitrogens with one attached hydrogen (secondary N) is 1. The van der Waals surface area contributed by atoms with Crippen LogP contribution in [0.25, 0.3) is 11.0 Å². The SMILES string of the molecule is CCCNC(c1ccsc1)c1cc2ccccc2o1. The highest BCUT2D eigenvalue weighted by molar-refractivity contribution is 7.08. The highest BCUT2D eigenvalue weighted by Gasteiger charge is 2.18. The van der Waals surface area contributed by atoms with Gasteiger partial charge in [-0.1, -0.05) is 25.1 Å². The molecule has 1 unspecified atom stereocenters. The van der Waals surface area contributed by atoms with E-state index in [-0.39, 0.29) is 6.04 Å². The summed E-state index contributed by atoms with van der Waals surface area (Å²) in [6.07, 6.45) is 1.11. The molecule has 0 spiro atoms. The van der Waals surface area contributed by atoms with E-state index in [0.29, 0.717) is 0 Å². The quantitative estimate of drug-likeness (QED) is 0.734. The molecule has 98 valence electrons. The zero-order valence-electron chi connectivity index (χ0n) is 10.9. The summed E-state index contributed by atoms with van der Waals surface area (Å²) in [4.78, 5) is 0. The molecule has 3 rings (SSSR count). The molecule has 0 saturated heterocycles. The van der Waals surface area contributed by atoms with E-state index in [1.165, 1.54) is 5.56 Å². The van der Waals surface area contributed by atoms with Crippen LogP contribution in [0.2, 0.25) is 0 Å². The summed E-state index contributed by atoms with van der Waals surface area (Å²) in [7, 11) is 0. The van der Waals surface area contributed by atoms with E-state index in [4.69, 9.17) is 4.42 Å². The van der Waals surface area contributed by atoms with Gasteiger partial charge < -0.3 is 9.73 Å². The van der Waals surface area contributed by atoms with Crippen LogP contribution >= 0.6 is 11.3 Å². The lowest BCUT2D eigenvalue weighted by Gasteiger charge is -2.14. The van der Waals surface area contributed by atoms with Crippen molar-refractivity contribution >= 4 is 22.3 Å². The second-order valence-electron chi connectivity index (χ2n) is 4.63. The van der Waals surface area contributed by atoms with E-state index in [1.54, 1.807) is 11.3 Å². The van der Waals surface area contributed by atoms with Crippen molar-refractivity contribution in [2.45, 2.75) is 19.4 Å². The first kappa shape index (κ1) is 12.5. The summed E-state index contributed by atoms with van der Waals surface area (Å²) < 4.78 is 5.99. The van der Waals surface area contributed by atoms with Gasteiger partial charge in [-0.15, -0.1) is 0 Å². The molecule has 0 aliphatic rings. The van der Waals surface area contributed by atoms with E-state index in [9.17, 15) is 0 Å². The third-order valence-electron chi connectivity index (χ3n) is 3.20. The summed E-state index contributed by atoms with van der Waals surface area (Å²) in [5.74, 6) is 0.994. The maximum Gasteiger partial charge on any atom is 0.134 e. The van der Waals surface area contributed by atoms with Crippen molar-refractivity contribution < 1.29 is 4.42 Å². The predicted molar refractivity (Wildman–Crippen MR) is 80.7 cm³/mol. The Morgan fingerprint density at radius 1 is 1.26 bits per heavy atom. The van der Waals surface area contributed by atoms with Gasteiger partial charge in [-0.3, -0.25) is 0 Å². The summed E-state index contributed by atoms with van der Waals surface area (Å²) in [5, 5.41) is 9.02. The lowest BCUT2D eigenvalue weighted by Crippen LogP contribution is -2.22. The van der Waals surface area contributed by atoms with Crippen LogP contribution in [0.1, 0.15) is 30.7 Å². The van der Waals surface area contributed by atoms with E-state index in [0.717, 1.165) is 29.7 Å².